The molecule has 0 saturated heterocycles. The predicted molar refractivity (Wildman–Crippen MR) is 76.9 cm³/mol. The SMILES string of the molecule is CC(C)c1cc(CCl)c(Cl)c(C(C)C)c1Br. The van der Waals surface area contributed by atoms with E-state index in [1.165, 1.54) is 11.1 Å². The molecular weight excluding hydrogens is 307 g/mol. The van der Waals surface area contributed by atoms with Crippen LogP contribution >= 0.6 is 39.1 Å². The average molecular weight is 324 g/mol. The van der Waals surface area contributed by atoms with Gasteiger partial charge >= 0.3 is 0 Å². The molecule has 0 N–H and O–H groups in total. The van der Waals surface area contributed by atoms with E-state index in [2.05, 4.69) is 49.7 Å². The van der Waals surface area contributed by atoms with Crippen LogP contribution in [0.25, 0.3) is 0 Å². The van der Waals surface area contributed by atoms with E-state index < -0.39 is 0 Å². The molecule has 1 aromatic rings. The average Bonchev–Trinajstić information content (AvgIpc) is 2.16. The van der Waals surface area contributed by atoms with E-state index in [4.69, 9.17) is 23.2 Å². The summed E-state index contributed by atoms with van der Waals surface area (Å²) in [4.78, 5) is 0. The summed E-state index contributed by atoms with van der Waals surface area (Å²) in [6.07, 6.45) is 0. The molecule has 0 radical (unpaired) electrons. The number of hydrogen-bond donors (Lipinski definition) is 0. The van der Waals surface area contributed by atoms with Crippen LogP contribution in [-0.4, -0.2) is 0 Å². The summed E-state index contributed by atoms with van der Waals surface area (Å²) in [6.45, 7) is 8.65. The fraction of sp³-hybridized carbons (Fsp3) is 0.538. The summed E-state index contributed by atoms with van der Waals surface area (Å²) in [5.41, 5.74) is 3.48. The lowest BCUT2D eigenvalue weighted by Crippen LogP contribution is -2.01. The van der Waals surface area contributed by atoms with Crippen LogP contribution in [0.4, 0.5) is 0 Å². The highest BCUT2D eigenvalue weighted by Crippen LogP contribution is 2.39. The van der Waals surface area contributed by atoms with E-state index in [0.29, 0.717) is 17.7 Å². The van der Waals surface area contributed by atoms with Gasteiger partial charge in [0.15, 0.2) is 0 Å². The Labute approximate surface area is 116 Å². The Balaban J connectivity index is 3.51. The molecule has 0 aliphatic carbocycles. The van der Waals surface area contributed by atoms with Crippen molar-refractivity contribution in [1.29, 1.82) is 0 Å². The Morgan fingerprint density at radius 2 is 1.75 bits per heavy atom. The van der Waals surface area contributed by atoms with Crippen molar-refractivity contribution in [3.8, 4) is 0 Å². The second-order valence-electron chi connectivity index (χ2n) is 4.61. The lowest BCUT2D eigenvalue weighted by atomic mass is 9.93. The third-order valence-electron chi connectivity index (χ3n) is 2.68. The quantitative estimate of drug-likeness (QED) is 0.590. The van der Waals surface area contributed by atoms with Crippen molar-refractivity contribution in [2.75, 3.05) is 0 Å². The topological polar surface area (TPSA) is 0 Å². The number of benzene rings is 1. The molecule has 0 bridgehead atoms. The Kier molecular flexibility index (Phi) is 5.15. The zero-order chi connectivity index (χ0) is 12.5. The summed E-state index contributed by atoms with van der Waals surface area (Å²) >= 11 is 16.0. The van der Waals surface area contributed by atoms with Crippen LogP contribution < -0.4 is 0 Å². The first kappa shape index (κ1) is 14.3. The third-order valence-corrected chi connectivity index (χ3v) is 4.30. The highest BCUT2D eigenvalue weighted by molar-refractivity contribution is 9.10. The normalized spacial score (nSPS) is 11.6. The van der Waals surface area contributed by atoms with Gasteiger partial charge in [0.05, 0.1) is 0 Å². The van der Waals surface area contributed by atoms with E-state index in [0.717, 1.165) is 15.1 Å². The smallest absolute Gasteiger partial charge is 0.0496 e. The maximum absolute atomic E-state index is 6.37. The molecule has 0 aromatic heterocycles. The molecule has 0 unspecified atom stereocenters. The van der Waals surface area contributed by atoms with Crippen molar-refractivity contribution in [2.45, 2.75) is 45.4 Å². The van der Waals surface area contributed by atoms with E-state index in [9.17, 15) is 0 Å². The van der Waals surface area contributed by atoms with Crippen LogP contribution in [0.15, 0.2) is 10.5 Å². The molecule has 16 heavy (non-hydrogen) atoms. The summed E-state index contributed by atoms with van der Waals surface area (Å²) in [5.74, 6) is 1.32. The van der Waals surface area contributed by atoms with Crippen LogP contribution in [0.3, 0.4) is 0 Å². The van der Waals surface area contributed by atoms with Crippen molar-refractivity contribution >= 4 is 39.1 Å². The van der Waals surface area contributed by atoms with Gasteiger partial charge in [-0.3, -0.25) is 0 Å². The first-order valence-corrected chi connectivity index (χ1v) is 7.17. The van der Waals surface area contributed by atoms with Gasteiger partial charge in [-0.1, -0.05) is 61.3 Å². The molecular formula is C13H17BrCl2. The molecule has 0 atom stereocenters. The highest BCUT2D eigenvalue weighted by Gasteiger charge is 2.18. The van der Waals surface area contributed by atoms with Gasteiger partial charge in [-0.2, -0.15) is 0 Å². The summed E-state index contributed by atoms with van der Waals surface area (Å²) in [7, 11) is 0. The van der Waals surface area contributed by atoms with Crippen molar-refractivity contribution in [1.82, 2.24) is 0 Å². The molecule has 1 rings (SSSR count). The second-order valence-corrected chi connectivity index (χ2v) is 6.05. The lowest BCUT2D eigenvalue weighted by molar-refractivity contribution is 0.820. The predicted octanol–water partition coefficient (Wildman–Crippen LogP) is 6.09. The van der Waals surface area contributed by atoms with Crippen LogP contribution in [0.2, 0.25) is 5.02 Å². The molecule has 3 heteroatoms. The lowest BCUT2D eigenvalue weighted by Gasteiger charge is -2.19. The number of hydrogen-bond acceptors (Lipinski definition) is 0. The van der Waals surface area contributed by atoms with Gasteiger partial charge in [0.25, 0.3) is 0 Å². The maximum Gasteiger partial charge on any atom is 0.0496 e. The zero-order valence-corrected chi connectivity index (χ0v) is 13.2. The standard InChI is InChI=1S/C13H17BrCl2/c1-7(2)10-5-9(6-15)13(16)11(8(3)4)12(10)14/h5,7-8H,6H2,1-4H3. The number of alkyl halides is 1. The molecule has 0 heterocycles. The first-order valence-electron chi connectivity index (χ1n) is 5.46. The molecule has 0 amide bonds. The summed E-state index contributed by atoms with van der Waals surface area (Å²) in [6, 6.07) is 2.11. The summed E-state index contributed by atoms with van der Waals surface area (Å²) in [5, 5.41) is 0.807. The van der Waals surface area contributed by atoms with Gasteiger partial charge in [0.1, 0.15) is 0 Å². The van der Waals surface area contributed by atoms with E-state index in [1.807, 2.05) is 0 Å². The molecule has 90 valence electrons. The van der Waals surface area contributed by atoms with Gasteiger partial charge in [-0.05, 0) is 28.5 Å². The van der Waals surface area contributed by atoms with Crippen molar-refractivity contribution in [3.05, 3.63) is 32.3 Å². The zero-order valence-electron chi connectivity index (χ0n) is 10.1. The minimum Gasteiger partial charge on any atom is -0.121 e. The molecule has 0 saturated carbocycles. The van der Waals surface area contributed by atoms with E-state index >= 15 is 0 Å². The Hall–Kier alpha value is 0.280. The Bertz CT molecular complexity index is 384. The fourth-order valence-electron chi connectivity index (χ4n) is 1.76. The van der Waals surface area contributed by atoms with Crippen molar-refractivity contribution in [3.63, 3.8) is 0 Å². The van der Waals surface area contributed by atoms with Gasteiger partial charge in [0.2, 0.25) is 0 Å². The van der Waals surface area contributed by atoms with E-state index in [1.54, 1.807) is 0 Å². The van der Waals surface area contributed by atoms with Gasteiger partial charge in [0, 0.05) is 15.4 Å². The Morgan fingerprint density at radius 3 is 2.12 bits per heavy atom. The molecule has 0 spiro atoms. The highest BCUT2D eigenvalue weighted by atomic mass is 79.9. The van der Waals surface area contributed by atoms with Gasteiger partial charge in [-0.25, -0.2) is 0 Å². The molecule has 1 aromatic carbocycles. The minimum atomic E-state index is 0.391. The van der Waals surface area contributed by atoms with E-state index in [-0.39, 0.29) is 0 Å². The fourth-order valence-corrected chi connectivity index (χ4v) is 3.82. The van der Waals surface area contributed by atoms with Gasteiger partial charge < -0.3 is 0 Å². The van der Waals surface area contributed by atoms with Gasteiger partial charge in [-0.15, -0.1) is 11.6 Å². The monoisotopic (exact) mass is 322 g/mol. The number of halogens is 3. The third kappa shape index (κ3) is 2.75. The Morgan fingerprint density at radius 1 is 1.19 bits per heavy atom. The van der Waals surface area contributed by atoms with Crippen LogP contribution in [0.1, 0.15) is 56.2 Å². The van der Waals surface area contributed by atoms with Crippen molar-refractivity contribution in [2.24, 2.45) is 0 Å². The minimum absolute atomic E-state index is 0.391. The largest absolute Gasteiger partial charge is 0.121 e. The molecule has 0 aliphatic rings. The first-order chi connectivity index (χ1) is 7.40. The molecule has 0 aliphatic heterocycles. The second kappa shape index (κ2) is 5.75. The molecule has 0 nitrogen and oxygen atoms in total. The number of rotatable bonds is 3. The summed E-state index contributed by atoms with van der Waals surface area (Å²) < 4.78 is 1.14. The van der Waals surface area contributed by atoms with Crippen LogP contribution in [0.5, 0.6) is 0 Å². The maximum atomic E-state index is 6.37. The molecule has 0 fully saturated rings. The van der Waals surface area contributed by atoms with Crippen LogP contribution in [-0.2, 0) is 5.88 Å². The van der Waals surface area contributed by atoms with Crippen LogP contribution in [0, 0.1) is 0 Å². The van der Waals surface area contributed by atoms with Crippen molar-refractivity contribution < 1.29 is 0 Å².